The van der Waals surface area contributed by atoms with Gasteiger partial charge in [-0.05, 0) is 23.3 Å². The van der Waals surface area contributed by atoms with Gasteiger partial charge >= 0.3 is 0 Å². The monoisotopic (exact) mass is 338 g/mol. The molecule has 0 aliphatic carbocycles. The summed E-state index contributed by atoms with van der Waals surface area (Å²) >= 11 is 0. The molecule has 2 aromatic rings. The van der Waals surface area contributed by atoms with Crippen molar-refractivity contribution in [2.24, 2.45) is 0 Å². The van der Waals surface area contributed by atoms with E-state index in [2.05, 4.69) is 17.4 Å². The Morgan fingerprint density at radius 3 is 2.64 bits per heavy atom. The van der Waals surface area contributed by atoms with Crippen molar-refractivity contribution in [3.63, 3.8) is 0 Å². The van der Waals surface area contributed by atoms with Crippen LogP contribution in [0.1, 0.15) is 11.1 Å². The van der Waals surface area contributed by atoms with Crippen LogP contribution < -0.4 is 10.1 Å². The third-order valence-corrected chi connectivity index (χ3v) is 4.88. The van der Waals surface area contributed by atoms with Gasteiger partial charge in [-0.25, -0.2) is 0 Å². The Bertz CT molecular complexity index is 747. The van der Waals surface area contributed by atoms with Crippen LogP contribution in [0.2, 0.25) is 0 Å². The molecule has 5 heteroatoms. The minimum absolute atomic E-state index is 0.108. The molecule has 2 atom stereocenters. The minimum Gasteiger partial charge on any atom is -0.497 e. The van der Waals surface area contributed by atoms with Crippen LogP contribution in [0.5, 0.6) is 5.75 Å². The Balaban J connectivity index is 1.51. The van der Waals surface area contributed by atoms with Gasteiger partial charge in [-0.3, -0.25) is 10.1 Å². The lowest BCUT2D eigenvalue weighted by Crippen LogP contribution is -2.63. The lowest BCUT2D eigenvalue weighted by Gasteiger charge is -2.39. The van der Waals surface area contributed by atoms with Gasteiger partial charge in [-0.2, -0.15) is 0 Å². The lowest BCUT2D eigenvalue weighted by molar-refractivity contribution is -0.139. The van der Waals surface area contributed by atoms with Crippen molar-refractivity contribution in [3.05, 3.63) is 65.7 Å². The summed E-state index contributed by atoms with van der Waals surface area (Å²) in [5.41, 5.74) is 1.80. The second kappa shape index (κ2) is 6.50. The zero-order chi connectivity index (χ0) is 17.3. The molecule has 0 saturated carbocycles. The first-order chi connectivity index (χ1) is 12.2. The fourth-order valence-corrected chi connectivity index (χ4v) is 3.64. The van der Waals surface area contributed by atoms with Gasteiger partial charge in [0.05, 0.1) is 20.3 Å². The number of carbonyl (C=O) groups is 1. The molecule has 0 unspecified atom stereocenters. The largest absolute Gasteiger partial charge is 0.497 e. The van der Waals surface area contributed by atoms with Crippen molar-refractivity contribution in [1.29, 1.82) is 0 Å². The highest BCUT2D eigenvalue weighted by molar-refractivity contribution is 5.83. The van der Waals surface area contributed by atoms with E-state index in [1.165, 1.54) is 5.56 Å². The summed E-state index contributed by atoms with van der Waals surface area (Å²) in [7, 11) is 1.65. The molecule has 0 spiro atoms. The summed E-state index contributed by atoms with van der Waals surface area (Å²) in [5.74, 6) is 0.927. The third kappa shape index (κ3) is 3.25. The van der Waals surface area contributed by atoms with Crippen molar-refractivity contribution in [1.82, 2.24) is 10.2 Å². The van der Waals surface area contributed by atoms with Crippen LogP contribution in [0.4, 0.5) is 0 Å². The summed E-state index contributed by atoms with van der Waals surface area (Å²) in [6.07, 6.45) is 0.747. The van der Waals surface area contributed by atoms with Gasteiger partial charge in [0.25, 0.3) is 0 Å². The predicted molar refractivity (Wildman–Crippen MR) is 94.2 cm³/mol. The molecular formula is C20H22N2O3. The maximum Gasteiger partial charge on any atom is 0.242 e. The molecule has 25 heavy (non-hydrogen) atoms. The quantitative estimate of drug-likeness (QED) is 0.906. The molecule has 2 aliphatic rings. The van der Waals surface area contributed by atoms with Crippen molar-refractivity contribution >= 4 is 5.91 Å². The van der Waals surface area contributed by atoms with Crippen LogP contribution in [-0.2, 0) is 22.5 Å². The van der Waals surface area contributed by atoms with E-state index in [9.17, 15) is 4.79 Å². The van der Waals surface area contributed by atoms with Gasteiger partial charge in [0.15, 0.2) is 0 Å². The average molecular weight is 338 g/mol. The highest BCUT2D eigenvalue weighted by Gasteiger charge is 2.50. The van der Waals surface area contributed by atoms with Crippen LogP contribution in [0, 0.1) is 0 Å². The smallest absolute Gasteiger partial charge is 0.242 e. The molecule has 2 bridgehead atoms. The normalized spacial score (nSPS) is 25.2. The first-order valence-electron chi connectivity index (χ1n) is 8.55. The van der Waals surface area contributed by atoms with E-state index >= 15 is 0 Å². The molecular weight excluding hydrogens is 316 g/mol. The standard InChI is InChI=1S/C20H22N2O3/c1-24-17-9-7-16(8-10-17)12-22-14-20(11-15-5-3-2-4-6-15)21-18(13-25-20)19(22)23/h2-10,18,21H,11-14H2,1H3/t18-,20+/m1/s1. The highest BCUT2D eigenvalue weighted by Crippen LogP contribution is 2.29. The maximum absolute atomic E-state index is 12.7. The Hall–Kier alpha value is -2.37. The average Bonchev–Trinajstić information content (AvgIpc) is 3.00. The van der Waals surface area contributed by atoms with E-state index < -0.39 is 5.72 Å². The van der Waals surface area contributed by atoms with Gasteiger partial charge < -0.3 is 14.4 Å². The molecule has 0 radical (unpaired) electrons. The van der Waals surface area contributed by atoms with Crippen molar-refractivity contribution in [2.75, 3.05) is 20.3 Å². The van der Waals surface area contributed by atoms with Crippen molar-refractivity contribution in [3.8, 4) is 5.75 Å². The summed E-state index contributed by atoms with van der Waals surface area (Å²) in [5, 5.41) is 3.40. The number of rotatable bonds is 5. The third-order valence-electron chi connectivity index (χ3n) is 4.88. The Morgan fingerprint density at radius 2 is 1.92 bits per heavy atom. The second-order valence-electron chi connectivity index (χ2n) is 6.71. The number of methoxy groups -OCH3 is 1. The van der Waals surface area contributed by atoms with E-state index in [0.29, 0.717) is 19.7 Å². The van der Waals surface area contributed by atoms with Crippen molar-refractivity contribution < 1.29 is 14.3 Å². The summed E-state index contributed by atoms with van der Waals surface area (Å²) < 4.78 is 11.2. The van der Waals surface area contributed by atoms with E-state index in [1.54, 1.807) is 7.11 Å². The number of ether oxygens (including phenoxy) is 2. The molecule has 0 aromatic heterocycles. The zero-order valence-electron chi connectivity index (χ0n) is 14.3. The first kappa shape index (κ1) is 16.1. The zero-order valence-corrected chi connectivity index (χ0v) is 14.3. The maximum atomic E-state index is 12.7. The first-order valence-corrected chi connectivity index (χ1v) is 8.55. The predicted octanol–water partition coefficient (Wildman–Crippen LogP) is 1.96. The fourth-order valence-electron chi connectivity index (χ4n) is 3.64. The number of carbonyl (C=O) groups excluding carboxylic acids is 1. The number of amides is 1. The summed E-state index contributed by atoms with van der Waals surface area (Å²) in [6, 6.07) is 17.8. The SMILES string of the molecule is COc1ccc(CN2C[C@@]3(Cc4ccccc4)N[C@H](CO3)C2=O)cc1. The van der Waals surface area contributed by atoms with Crippen LogP contribution in [-0.4, -0.2) is 42.8 Å². The van der Waals surface area contributed by atoms with E-state index in [-0.39, 0.29) is 11.9 Å². The molecule has 4 rings (SSSR count). The minimum atomic E-state index is -0.494. The number of nitrogens with zero attached hydrogens (tertiary/aromatic N) is 1. The Kier molecular flexibility index (Phi) is 4.19. The molecule has 1 N–H and O–H groups in total. The molecule has 2 saturated heterocycles. The van der Waals surface area contributed by atoms with Gasteiger partial charge in [0.1, 0.15) is 17.5 Å². The van der Waals surface area contributed by atoms with Crippen LogP contribution in [0.15, 0.2) is 54.6 Å². The Labute approximate surface area is 147 Å². The summed E-state index contributed by atoms with van der Waals surface area (Å²) in [4.78, 5) is 14.6. The molecule has 2 aliphatic heterocycles. The topological polar surface area (TPSA) is 50.8 Å². The molecule has 2 fully saturated rings. The van der Waals surface area contributed by atoms with Gasteiger partial charge in [-0.15, -0.1) is 0 Å². The molecule has 1 amide bonds. The van der Waals surface area contributed by atoms with Gasteiger partial charge in [0.2, 0.25) is 5.91 Å². The number of fused-ring (bicyclic) bond motifs is 2. The number of hydrogen-bond donors (Lipinski definition) is 1. The van der Waals surface area contributed by atoms with Gasteiger partial charge in [-0.1, -0.05) is 42.5 Å². The molecule has 130 valence electrons. The number of benzene rings is 2. The second-order valence-corrected chi connectivity index (χ2v) is 6.71. The van der Waals surface area contributed by atoms with E-state index in [0.717, 1.165) is 17.7 Å². The summed E-state index contributed by atoms with van der Waals surface area (Å²) in [6.45, 7) is 1.56. The van der Waals surface area contributed by atoms with Crippen molar-refractivity contribution in [2.45, 2.75) is 24.7 Å². The van der Waals surface area contributed by atoms with E-state index in [4.69, 9.17) is 9.47 Å². The molecule has 2 aromatic carbocycles. The highest BCUT2D eigenvalue weighted by atomic mass is 16.5. The molecule has 5 nitrogen and oxygen atoms in total. The Morgan fingerprint density at radius 1 is 1.16 bits per heavy atom. The fraction of sp³-hybridized carbons (Fsp3) is 0.350. The number of piperazine rings is 1. The van der Waals surface area contributed by atoms with Crippen LogP contribution in [0.3, 0.4) is 0 Å². The lowest BCUT2D eigenvalue weighted by atomic mass is 9.99. The van der Waals surface area contributed by atoms with Gasteiger partial charge in [0, 0.05) is 13.0 Å². The number of nitrogens with one attached hydrogen (secondary N) is 1. The van der Waals surface area contributed by atoms with Crippen LogP contribution in [0.25, 0.3) is 0 Å². The van der Waals surface area contributed by atoms with E-state index in [1.807, 2.05) is 47.4 Å². The molecule has 2 heterocycles. The van der Waals surface area contributed by atoms with Crippen LogP contribution >= 0.6 is 0 Å². The number of hydrogen-bond acceptors (Lipinski definition) is 4.